The number of nitrogens with one attached hydrogen (secondary N) is 1. The number of likely N-dealkylation sites (N-methyl/N-ethyl adjacent to an activating group) is 1. The van der Waals surface area contributed by atoms with Crippen LogP contribution in [0.15, 0.2) is 12.1 Å². The first-order chi connectivity index (χ1) is 9.25. The molecule has 2 rings (SSSR count). The van der Waals surface area contributed by atoms with Crippen molar-refractivity contribution in [2.24, 2.45) is 0 Å². The van der Waals surface area contributed by atoms with Crippen LogP contribution >= 0.6 is 11.6 Å². The average molecular weight is 308 g/mol. The fourth-order valence-electron chi connectivity index (χ4n) is 1.64. The first-order valence-electron chi connectivity index (χ1n) is 6.01. The Morgan fingerprint density at radius 2 is 2.15 bits per heavy atom. The Morgan fingerprint density at radius 3 is 2.70 bits per heavy atom. The number of amides is 1. The molecule has 0 aliphatic heterocycles. The number of rotatable bonds is 4. The third-order valence-corrected chi connectivity index (χ3v) is 3.02. The Balaban J connectivity index is 2.10. The maximum atomic E-state index is 12.7. The number of aromatic nitrogens is 1. The number of carbonyl (C=O) groups is 1. The van der Waals surface area contributed by atoms with Gasteiger partial charge in [0.25, 0.3) is 0 Å². The molecule has 1 N–H and O–H groups in total. The first-order valence-corrected chi connectivity index (χ1v) is 6.39. The number of hydrogen-bond acceptors (Lipinski definition) is 3. The molecule has 20 heavy (non-hydrogen) atoms. The summed E-state index contributed by atoms with van der Waals surface area (Å²) in [4.78, 5) is 16.7. The van der Waals surface area contributed by atoms with E-state index in [1.54, 1.807) is 0 Å². The maximum Gasteiger partial charge on any atom is 0.416 e. The molecule has 1 fully saturated rings. The summed E-state index contributed by atoms with van der Waals surface area (Å²) < 4.78 is 38.0. The van der Waals surface area contributed by atoms with Crippen LogP contribution in [0.1, 0.15) is 18.4 Å². The Bertz CT molecular complexity index is 517. The van der Waals surface area contributed by atoms with E-state index < -0.39 is 11.7 Å². The van der Waals surface area contributed by atoms with Crippen molar-refractivity contribution in [3.05, 3.63) is 22.8 Å². The van der Waals surface area contributed by atoms with E-state index in [4.69, 9.17) is 11.6 Å². The van der Waals surface area contributed by atoms with E-state index in [0.29, 0.717) is 0 Å². The summed E-state index contributed by atoms with van der Waals surface area (Å²) in [5.41, 5.74) is -0.887. The lowest BCUT2D eigenvalue weighted by Crippen LogP contribution is -2.36. The molecule has 0 bridgehead atoms. The van der Waals surface area contributed by atoms with E-state index in [2.05, 4.69) is 10.3 Å². The molecular formula is C12H13ClF3N3O. The average Bonchev–Trinajstić information content (AvgIpc) is 3.10. The van der Waals surface area contributed by atoms with Crippen molar-refractivity contribution in [3.63, 3.8) is 0 Å². The molecular weight excluding hydrogens is 295 g/mol. The minimum absolute atomic E-state index is 0.00997. The number of halogens is 4. The van der Waals surface area contributed by atoms with Gasteiger partial charge in [0, 0.05) is 13.1 Å². The van der Waals surface area contributed by atoms with E-state index in [1.165, 1.54) is 11.9 Å². The molecule has 4 nitrogen and oxygen atoms in total. The molecule has 1 saturated carbocycles. The molecule has 110 valence electrons. The Kier molecular flexibility index (Phi) is 4.08. The smallest absolute Gasteiger partial charge is 0.352 e. The first kappa shape index (κ1) is 14.9. The molecule has 0 aromatic carbocycles. The third-order valence-electron chi connectivity index (χ3n) is 2.82. The maximum absolute atomic E-state index is 12.7. The van der Waals surface area contributed by atoms with Gasteiger partial charge in [-0.2, -0.15) is 13.2 Å². The lowest BCUT2D eigenvalue weighted by atomic mass is 10.2. The molecule has 1 aliphatic carbocycles. The van der Waals surface area contributed by atoms with Gasteiger partial charge in [-0.25, -0.2) is 4.98 Å². The molecule has 0 atom stereocenters. The molecule has 0 spiro atoms. The molecule has 1 heterocycles. The second kappa shape index (κ2) is 5.47. The van der Waals surface area contributed by atoms with Crippen LogP contribution in [0, 0.1) is 0 Å². The van der Waals surface area contributed by atoms with Gasteiger partial charge in [-0.05, 0) is 25.0 Å². The van der Waals surface area contributed by atoms with Crippen LogP contribution in [0.2, 0.25) is 5.15 Å². The number of carbonyl (C=O) groups excluding carboxylic acids is 1. The number of anilines is 1. The van der Waals surface area contributed by atoms with Gasteiger partial charge in [-0.3, -0.25) is 4.79 Å². The number of pyridine rings is 1. The van der Waals surface area contributed by atoms with Crippen molar-refractivity contribution in [3.8, 4) is 0 Å². The van der Waals surface area contributed by atoms with E-state index in [0.717, 1.165) is 25.0 Å². The summed E-state index contributed by atoms with van der Waals surface area (Å²) in [6, 6.07) is 1.83. The van der Waals surface area contributed by atoms with Crippen LogP contribution in [0.4, 0.5) is 19.0 Å². The van der Waals surface area contributed by atoms with Crippen molar-refractivity contribution in [2.45, 2.75) is 25.1 Å². The van der Waals surface area contributed by atoms with Gasteiger partial charge in [0.15, 0.2) is 0 Å². The van der Waals surface area contributed by atoms with Crippen molar-refractivity contribution in [1.29, 1.82) is 0 Å². The van der Waals surface area contributed by atoms with Crippen LogP contribution in [0.5, 0.6) is 0 Å². The molecule has 8 heteroatoms. The molecule has 0 saturated heterocycles. The highest BCUT2D eigenvalue weighted by Gasteiger charge is 2.32. The second-order valence-corrected chi connectivity index (χ2v) is 5.12. The minimum atomic E-state index is -4.50. The number of hydrogen-bond donors (Lipinski definition) is 1. The Morgan fingerprint density at radius 1 is 1.50 bits per heavy atom. The Labute approximate surface area is 118 Å². The van der Waals surface area contributed by atoms with Crippen LogP contribution in [-0.2, 0) is 11.0 Å². The summed E-state index contributed by atoms with van der Waals surface area (Å²) in [5, 5.41) is 2.49. The third kappa shape index (κ3) is 4.00. The molecule has 0 radical (unpaired) electrons. The second-order valence-electron chi connectivity index (χ2n) is 4.73. The topological polar surface area (TPSA) is 45.2 Å². The van der Waals surface area contributed by atoms with Gasteiger partial charge >= 0.3 is 6.18 Å². The standard InChI is InChI=1S/C12H13ClF3N3O/c1-19(6-11(20)17-8-2-3-8)10-5-7(12(14,15)16)4-9(13)18-10/h4-5,8H,2-3,6H2,1H3,(H,17,20). The van der Waals surface area contributed by atoms with Gasteiger partial charge in [0.1, 0.15) is 11.0 Å². The summed E-state index contributed by atoms with van der Waals surface area (Å²) in [6.45, 7) is -0.0683. The zero-order valence-electron chi connectivity index (χ0n) is 10.7. The SMILES string of the molecule is CN(CC(=O)NC1CC1)c1cc(C(F)(F)F)cc(Cl)n1. The highest BCUT2D eigenvalue weighted by Crippen LogP contribution is 2.32. The van der Waals surface area contributed by atoms with E-state index in [9.17, 15) is 18.0 Å². The number of nitrogens with zero attached hydrogens (tertiary/aromatic N) is 2. The normalized spacial score (nSPS) is 15.1. The molecule has 1 aliphatic rings. The van der Waals surface area contributed by atoms with Crippen molar-refractivity contribution >= 4 is 23.3 Å². The molecule has 1 aromatic rings. The fraction of sp³-hybridized carbons (Fsp3) is 0.500. The van der Waals surface area contributed by atoms with E-state index in [-0.39, 0.29) is 29.5 Å². The Hall–Kier alpha value is -1.50. The molecule has 1 aromatic heterocycles. The highest BCUT2D eigenvalue weighted by molar-refractivity contribution is 6.29. The highest BCUT2D eigenvalue weighted by atomic mass is 35.5. The number of alkyl halides is 3. The van der Waals surface area contributed by atoms with Crippen LogP contribution in [0.25, 0.3) is 0 Å². The van der Waals surface area contributed by atoms with Crippen LogP contribution in [-0.4, -0.2) is 30.5 Å². The quantitative estimate of drug-likeness (QED) is 0.869. The van der Waals surface area contributed by atoms with Crippen LogP contribution in [0.3, 0.4) is 0 Å². The lowest BCUT2D eigenvalue weighted by Gasteiger charge is -2.19. The monoisotopic (exact) mass is 307 g/mol. The van der Waals surface area contributed by atoms with Gasteiger partial charge in [-0.1, -0.05) is 11.6 Å². The van der Waals surface area contributed by atoms with Gasteiger partial charge < -0.3 is 10.2 Å². The molecule has 1 amide bonds. The van der Waals surface area contributed by atoms with Crippen molar-refractivity contribution < 1.29 is 18.0 Å². The zero-order valence-corrected chi connectivity index (χ0v) is 11.4. The van der Waals surface area contributed by atoms with Crippen molar-refractivity contribution in [2.75, 3.05) is 18.5 Å². The largest absolute Gasteiger partial charge is 0.416 e. The van der Waals surface area contributed by atoms with Gasteiger partial charge in [0.2, 0.25) is 5.91 Å². The fourth-order valence-corrected chi connectivity index (χ4v) is 1.84. The van der Waals surface area contributed by atoms with E-state index in [1.807, 2.05) is 0 Å². The summed E-state index contributed by atoms with van der Waals surface area (Å²) >= 11 is 5.59. The zero-order chi connectivity index (χ0) is 14.9. The van der Waals surface area contributed by atoms with E-state index >= 15 is 0 Å². The summed E-state index contributed by atoms with van der Waals surface area (Å²) in [5.74, 6) is -0.235. The van der Waals surface area contributed by atoms with Crippen molar-refractivity contribution in [1.82, 2.24) is 10.3 Å². The molecule has 0 unspecified atom stereocenters. The van der Waals surface area contributed by atoms with Crippen LogP contribution < -0.4 is 10.2 Å². The summed E-state index contributed by atoms with van der Waals surface area (Å²) in [7, 11) is 1.49. The summed E-state index contributed by atoms with van der Waals surface area (Å²) in [6.07, 6.45) is -2.61. The predicted molar refractivity (Wildman–Crippen MR) is 68.7 cm³/mol. The van der Waals surface area contributed by atoms with Gasteiger partial charge in [-0.15, -0.1) is 0 Å². The predicted octanol–water partition coefficient (Wildman–Crippen LogP) is 2.47. The van der Waals surface area contributed by atoms with Gasteiger partial charge in [0.05, 0.1) is 12.1 Å². The lowest BCUT2D eigenvalue weighted by molar-refractivity contribution is -0.137. The minimum Gasteiger partial charge on any atom is -0.352 e.